The van der Waals surface area contributed by atoms with Crippen molar-refractivity contribution in [2.75, 3.05) is 18.8 Å². The van der Waals surface area contributed by atoms with Crippen molar-refractivity contribution in [1.82, 2.24) is 19.9 Å². The zero-order valence-electron chi connectivity index (χ0n) is 11.2. The van der Waals surface area contributed by atoms with Gasteiger partial charge in [-0.05, 0) is 18.1 Å². The van der Waals surface area contributed by atoms with Crippen LogP contribution < -0.4 is 5.73 Å². The van der Waals surface area contributed by atoms with Gasteiger partial charge in [-0.2, -0.15) is 0 Å². The lowest BCUT2D eigenvalue weighted by atomic mass is 10.2. The van der Waals surface area contributed by atoms with Gasteiger partial charge in [0, 0.05) is 25.8 Å². The zero-order chi connectivity index (χ0) is 15.0. The van der Waals surface area contributed by atoms with Crippen LogP contribution in [-0.2, 0) is 6.54 Å². The van der Waals surface area contributed by atoms with Crippen LogP contribution in [-0.4, -0.2) is 44.2 Å². The molecule has 0 aromatic carbocycles. The van der Waals surface area contributed by atoms with Crippen molar-refractivity contribution >= 4 is 16.9 Å². The Morgan fingerprint density at radius 2 is 2.24 bits per heavy atom. The van der Waals surface area contributed by atoms with Crippen molar-refractivity contribution in [1.29, 1.82) is 0 Å². The highest BCUT2D eigenvalue weighted by Crippen LogP contribution is 2.22. The molecule has 0 unspecified atom stereocenters. The summed E-state index contributed by atoms with van der Waals surface area (Å²) in [5.74, 6) is -0.631. The van der Waals surface area contributed by atoms with E-state index in [9.17, 15) is 13.9 Å². The molecule has 1 saturated heterocycles. The molecular formula is C13H15F2N5O. The summed E-state index contributed by atoms with van der Waals surface area (Å²) < 4.78 is 25.4. The Labute approximate surface area is 119 Å². The molecule has 0 amide bonds. The summed E-state index contributed by atoms with van der Waals surface area (Å²) in [5, 5.41) is 9.51. The first-order valence-corrected chi connectivity index (χ1v) is 6.63. The number of anilines is 1. The van der Waals surface area contributed by atoms with Crippen LogP contribution in [0.1, 0.15) is 24.2 Å². The van der Waals surface area contributed by atoms with Gasteiger partial charge in [0.1, 0.15) is 5.52 Å². The monoisotopic (exact) mass is 295 g/mol. The number of halogens is 2. The van der Waals surface area contributed by atoms with E-state index in [1.165, 1.54) is 0 Å². The van der Waals surface area contributed by atoms with Crippen LogP contribution in [0.2, 0.25) is 0 Å². The number of pyridine rings is 1. The van der Waals surface area contributed by atoms with Crippen molar-refractivity contribution < 1.29 is 13.9 Å². The maximum atomic E-state index is 12.7. The molecule has 8 heteroatoms. The van der Waals surface area contributed by atoms with Gasteiger partial charge in [0.15, 0.2) is 11.6 Å². The van der Waals surface area contributed by atoms with Gasteiger partial charge in [0.25, 0.3) is 6.43 Å². The largest absolute Gasteiger partial charge is 0.392 e. The summed E-state index contributed by atoms with van der Waals surface area (Å²) in [5.41, 5.74) is 7.12. The van der Waals surface area contributed by atoms with E-state index in [2.05, 4.69) is 19.9 Å². The number of nitrogens with zero attached hydrogens (tertiary/aromatic N) is 4. The number of rotatable bonds is 3. The molecule has 21 heavy (non-hydrogen) atoms. The number of aliphatic hydroxyl groups excluding tert-OH is 1. The number of hydrogen-bond acceptors (Lipinski definition) is 6. The van der Waals surface area contributed by atoms with Crippen LogP contribution in [0.4, 0.5) is 14.6 Å². The smallest absolute Gasteiger partial charge is 0.297 e. The van der Waals surface area contributed by atoms with E-state index >= 15 is 0 Å². The summed E-state index contributed by atoms with van der Waals surface area (Å²) in [6.07, 6.45) is -0.698. The summed E-state index contributed by atoms with van der Waals surface area (Å²) in [4.78, 5) is 13.6. The van der Waals surface area contributed by atoms with E-state index in [1.807, 2.05) is 0 Å². The number of hydrogen-bond donors (Lipinski definition) is 2. The average molecular weight is 295 g/mol. The van der Waals surface area contributed by atoms with E-state index in [0.717, 1.165) is 18.5 Å². The molecule has 1 atom stereocenters. The number of alkyl halides is 2. The molecule has 2 aromatic heterocycles. The van der Waals surface area contributed by atoms with Crippen molar-refractivity contribution in [3.8, 4) is 0 Å². The summed E-state index contributed by atoms with van der Waals surface area (Å²) in [6.45, 7) is 1.99. The number of likely N-dealkylation sites (tertiary alicyclic amines) is 1. The Morgan fingerprint density at radius 1 is 1.43 bits per heavy atom. The van der Waals surface area contributed by atoms with Gasteiger partial charge in [-0.25, -0.2) is 18.7 Å². The van der Waals surface area contributed by atoms with Gasteiger partial charge < -0.3 is 10.8 Å². The molecular weight excluding hydrogens is 280 g/mol. The fourth-order valence-corrected chi connectivity index (χ4v) is 2.50. The quantitative estimate of drug-likeness (QED) is 0.882. The SMILES string of the molecule is Nc1nc(C(F)F)nc2cc(CN3CC[C@@H](O)C3)cnc12. The molecule has 3 rings (SSSR count). The molecule has 3 N–H and O–H groups in total. The standard InChI is InChI=1S/C13H15F2N5O/c14-11(15)13-18-9-3-7(4-17-10(9)12(16)19-13)5-20-2-1-8(21)6-20/h3-4,8,11,21H,1-2,5-6H2,(H2,16,18,19)/t8-/m1/s1. The van der Waals surface area contributed by atoms with Crippen LogP contribution in [0.3, 0.4) is 0 Å². The summed E-state index contributed by atoms with van der Waals surface area (Å²) in [6, 6.07) is 1.69. The summed E-state index contributed by atoms with van der Waals surface area (Å²) >= 11 is 0. The lowest BCUT2D eigenvalue weighted by molar-refractivity contribution is 0.141. The molecule has 0 aliphatic carbocycles. The lowest BCUT2D eigenvalue weighted by Gasteiger charge is -2.15. The minimum Gasteiger partial charge on any atom is -0.392 e. The van der Waals surface area contributed by atoms with E-state index in [1.54, 1.807) is 12.3 Å². The number of aromatic nitrogens is 3. The average Bonchev–Trinajstić information content (AvgIpc) is 2.83. The molecule has 0 bridgehead atoms. The van der Waals surface area contributed by atoms with Crippen molar-refractivity contribution in [3.63, 3.8) is 0 Å². The van der Waals surface area contributed by atoms with Gasteiger partial charge in [-0.15, -0.1) is 0 Å². The predicted molar refractivity (Wildman–Crippen MR) is 72.6 cm³/mol. The second kappa shape index (κ2) is 5.45. The molecule has 0 saturated carbocycles. The van der Waals surface area contributed by atoms with E-state index in [4.69, 9.17) is 5.73 Å². The van der Waals surface area contributed by atoms with E-state index in [-0.39, 0.29) is 11.9 Å². The molecule has 1 fully saturated rings. The topological polar surface area (TPSA) is 88.2 Å². The van der Waals surface area contributed by atoms with Crippen LogP contribution in [0, 0.1) is 0 Å². The summed E-state index contributed by atoms with van der Waals surface area (Å²) in [7, 11) is 0. The minimum absolute atomic E-state index is 0.0431. The van der Waals surface area contributed by atoms with E-state index < -0.39 is 12.2 Å². The molecule has 112 valence electrons. The third-order valence-electron chi connectivity index (χ3n) is 3.49. The van der Waals surface area contributed by atoms with Crippen molar-refractivity contribution in [2.45, 2.75) is 25.5 Å². The second-order valence-corrected chi connectivity index (χ2v) is 5.16. The number of aliphatic hydroxyl groups is 1. The Bertz CT molecular complexity index is 666. The van der Waals surface area contributed by atoms with Gasteiger partial charge in [-0.3, -0.25) is 9.88 Å². The lowest BCUT2D eigenvalue weighted by Crippen LogP contribution is -2.21. The maximum Gasteiger partial charge on any atom is 0.297 e. The Morgan fingerprint density at radius 3 is 2.90 bits per heavy atom. The van der Waals surface area contributed by atoms with Crippen LogP contribution in [0.15, 0.2) is 12.3 Å². The maximum absolute atomic E-state index is 12.7. The van der Waals surface area contributed by atoms with Crippen molar-refractivity contribution in [2.24, 2.45) is 0 Å². The number of nitrogen functional groups attached to an aromatic ring is 1. The second-order valence-electron chi connectivity index (χ2n) is 5.16. The first kappa shape index (κ1) is 14.0. The fraction of sp³-hybridized carbons (Fsp3) is 0.462. The van der Waals surface area contributed by atoms with Crippen LogP contribution >= 0.6 is 0 Å². The Balaban J connectivity index is 1.91. The highest BCUT2D eigenvalue weighted by atomic mass is 19.3. The van der Waals surface area contributed by atoms with Gasteiger partial charge in [-0.1, -0.05) is 0 Å². The van der Waals surface area contributed by atoms with Crippen molar-refractivity contribution in [3.05, 3.63) is 23.7 Å². The molecule has 3 heterocycles. The number of fused-ring (bicyclic) bond motifs is 1. The fourth-order valence-electron chi connectivity index (χ4n) is 2.50. The molecule has 1 aliphatic heterocycles. The van der Waals surface area contributed by atoms with Crippen LogP contribution in [0.5, 0.6) is 0 Å². The minimum atomic E-state index is -2.77. The third kappa shape index (κ3) is 2.91. The molecule has 2 aromatic rings. The van der Waals surface area contributed by atoms with Gasteiger partial charge in [0.05, 0.1) is 11.6 Å². The number of nitrogens with two attached hydrogens (primary N) is 1. The molecule has 0 radical (unpaired) electrons. The van der Waals surface area contributed by atoms with Crippen LogP contribution in [0.25, 0.3) is 11.0 Å². The predicted octanol–water partition coefficient (Wildman–Crippen LogP) is 1.11. The normalized spacial score (nSPS) is 19.7. The molecule has 6 nitrogen and oxygen atoms in total. The van der Waals surface area contributed by atoms with E-state index in [0.29, 0.717) is 24.1 Å². The number of β-amino-alcohol motifs (C(OH)–C–C–N with tert-alkyl or cyclic N) is 1. The molecule has 1 aliphatic rings. The van der Waals surface area contributed by atoms with Gasteiger partial charge in [0.2, 0.25) is 0 Å². The Hall–Kier alpha value is -1.93. The highest BCUT2D eigenvalue weighted by Gasteiger charge is 2.20. The zero-order valence-corrected chi connectivity index (χ0v) is 11.2. The Kier molecular flexibility index (Phi) is 3.64. The first-order valence-electron chi connectivity index (χ1n) is 6.63. The third-order valence-corrected chi connectivity index (χ3v) is 3.49. The first-order chi connectivity index (χ1) is 10.0. The van der Waals surface area contributed by atoms with Gasteiger partial charge >= 0.3 is 0 Å². The highest BCUT2D eigenvalue weighted by molar-refractivity contribution is 5.84. The molecule has 0 spiro atoms.